The van der Waals surface area contributed by atoms with Gasteiger partial charge in [-0.15, -0.1) is 0 Å². The zero-order valence-corrected chi connectivity index (χ0v) is 16.0. The van der Waals surface area contributed by atoms with E-state index < -0.39 is 11.2 Å². The molecule has 1 fully saturated rings. The molecule has 0 radical (unpaired) electrons. The first-order chi connectivity index (χ1) is 12.9. The second-order valence-corrected chi connectivity index (χ2v) is 7.50. The van der Waals surface area contributed by atoms with Crippen LogP contribution < -0.4 is 11.2 Å². The van der Waals surface area contributed by atoms with Gasteiger partial charge in [0.05, 0.1) is 6.42 Å². The number of benzene rings is 1. The van der Waals surface area contributed by atoms with Crippen molar-refractivity contribution in [3.8, 4) is 0 Å². The van der Waals surface area contributed by atoms with Gasteiger partial charge in [-0.1, -0.05) is 24.3 Å². The van der Waals surface area contributed by atoms with Crippen LogP contribution in [0.1, 0.15) is 41.6 Å². The minimum Gasteiger partial charge on any atom is -0.342 e. The molecule has 6 heteroatoms. The SMILES string of the molecule is Cc1ccccc1CC[C@@H]1CCCN(C(=O)Cc2c(C)[nH]c(=O)[nH]c2=O)C1. The van der Waals surface area contributed by atoms with Crippen LogP contribution in [-0.2, 0) is 17.6 Å². The van der Waals surface area contributed by atoms with Gasteiger partial charge in [0.2, 0.25) is 5.91 Å². The number of hydrogen-bond acceptors (Lipinski definition) is 3. The molecule has 2 aromatic rings. The Morgan fingerprint density at radius 1 is 1.19 bits per heavy atom. The Bertz CT molecular complexity index is 929. The Kier molecular flexibility index (Phi) is 5.94. The second-order valence-electron chi connectivity index (χ2n) is 7.50. The van der Waals surface area contributed by atoms with Gasteiger partial charge in [0.25, 0.3) is 5.56 Å². The van der Waals surface area contributed by atoms with Crippen LogP contribution in [0.5, 0.6) is 0 Å². The Morgan fingerprint density at radius 2 is 1.96 bits per heavy atom. The van der Waals surface area contributed by atoms with Gasteiger partial charge in [-0.05, 0) is 56.6 Å². The van der Waals surface area contributed by atoms with Crippen molar-refractivity contribution < 1.29 is 4.79 Å². The smallest absolute Gasteiger partial charge is 0.325 e. The van der Waals surface area contributed by atoms with Crippen molar-refractivity contribution in [2.24, 2.45) is 5.92 Å². The van der Waals surface area contributed by atoms with E-state index in [9.17, 15) is 14.4 Å². The van der Waals surface area contributed by atoms with Gasteiger partial charge in [0, 0.05) is 24.3 Å². The molecule has 2 N–H and O–H groups in total. The molecule has 1 atom stereocenters. The largest absolute Gasteiger partial charge is 0.342 e. The summed E-state index contributed by atoms with van der Waals surface area (Å²) in [5.41, 5.74) is 2.48. The lowest BCUT2D eigenvalue weighted by Gasteiger charge is -2.33. The summed E-state index contributed by atoms with van der Waals surface area (Å²) in [7, 11) is 0. The lowest BCUT2D eigenvalue weighted by molar-refractivity contribution is -0.132. The molecule has 1 aromatic carbocycles. The number of carbonyl (C=O) groups is 1. The maximum atomic E-state index is 12.7. The van der Waals surface area contributed by atoms with Gasteiger partial charge in [0.15, 0.2) is 0 Å². The van der Waals surface area contributed by atoms with Crippen molar-refractivity contribution in [1.82, 2.24) is 14.9 Å². The number of nitrogens with one attached hydrogen (secondary N) is 2. The van der Waals surface area contributed by atoms with E-state index in [1.807, 2.05) is 4.90 Å². The van der Waals surface area contributed by atoms with Crippen LogP contribution in [0, 0.1) is 19.8 Å². The number of hydrogen-bond donors (Lipinski definition) is 2. The summed E-state index contributed by atoms with van der Waals surface area (Å²) >= 11 is 0. The number of H-pyrrole nitrogens is 2. The zero-order valence-electron chi connectivity index (χ0n) is 16.0. The molecule has 2 heterocycles. The van der Waals surface area contributed by atoms with E-state index in [-0.39, 0.29) is 12.3 Å². The summed E-state index contributed by atoms with van der Waals surface area (Å²) in [5.74, 6) is 0.438. The van der Waals surface area contributed by atoms with Crippen molar-refractivity contribution in [3.63, 3.8) is 0 Å². The summed E-state index contributed by atoms with van der Waals surface area (Å²) in [6, 6.07) is 8.44. The van der Waals surface area contributed by atoms with E-state index in [0.29, 0.717) is 17.2 Å². The van der Waals surface area contributed by atoms with E-state index in [2.05, 4.69) is 41.2 Å². The van der Waals surface area contributed by atoms with Gasteiger partial charge in [-0.3, -0.25) is 14.6 Å². The molecule has 0 bridgehead atoms. The molecule has 1 aliphatic heterocycles. The summed E-state index contributed by atoms with van der Waals surface area (Å²) in [5, 5.41) is 0. The Balaban J connectivity index is 1.61. The molecule has 1 amide bonds. The van der Waals surface area contributed by atoms with E-state index in [4.69, 9.17) is 0 Å². The van der Waals surface area contributed by atoms with Crippen LogP contribution in [0.4, 0.5) is 0 Å². The lowest BCUT2D eigenvalue weighted by Crippen LogP contribution is -2.42. The molecule has 1 aromatic heterocycles. The van der Waals surface area contributed by atoms with Crippen LogP contribution in [0.25, 0.3) is 0 Å². The van der Waals surface area contributed by atoms with Crippen LogP contribution in [-0.4, -0.2) is 33.9 Å². The number of piperidine rings is 1. The molecule has 0 saturated carbocycles. The minimum absolute atomic E-state index is 0.0302. The third kappa shape index (κ3) is 4.76. The minimum atomic E-state index is -0.539. The molecule has 1 aliphatic rings. The number of rotatable bonds is 5. The van der Waals surface area contributed by atoms with Crippen molar-refractivity contribution in [3.05, 3.63) is 67.5 Å². The molecule has 0 aliphatic carbocycles. The normalized spacial score (nSPS) is 17.1. The van der Waals surface area contributed by atoms with Crippen LogP contribution >= 0.6 is 0 Å². The number of aryl methyl sites for hydroxylation is 3. The second kappa shape index (κ2) is 8.37. The third-order valence-corrected chi connectivity index (χ3v) is 5.54. The molecule has 0 unspecified atom stereocenters. The van der Waals surface area contributed by atoms with Crippen LogP contribution in [0.2, 0.25) is 0 Å². The highest BCUT2D eigenvalue weighted by molar-refractivity contribution is 5.79. The van der Waals surface area contributed by atoms with Crippen LogP contribution in [0.15, 0.2) is 33.9 Å². The molecule has 3 rings (SSSR count). The third-order valence-electron chi connectivity index (χ3n) is 5.54. The lowest BCUT2D eigenvalue weighted by atomic mass is 9.90. The molecule has 27 heavy (non-hydrogen) atoms. The van der Waals surface area contributed by atoms with Gasteiger partial charge in [-0.2, -0.15) is 0 Å². The summed E-state index contributed by atoms with van der Waals surface area (Å²) in [4.78, 5) is 42.6. The highest BCUT2D eigenvalue weighted by atomic mass is 16.2. The summed E-state index contributed by atoms with van der Waals surface area (Å²) < 4.78 is 0. The number of amides is 1. The van der Waals surface area contributed by atoms with Crippen molar-refractivity contribution in [1.29, 1.82) is 0 Å². The Morgan fingerprint density at radius 3 is 2.70 bits per heavy atom. The standard InChI is InChI=1S/C21H27N3O3/c1-14-6-3-4-8-17(14)10-9-16-7-5-11-24(13-16)19(25)12-18-15(2)22-21(27)23-20(18)26/h3-4,6,8,16H,5,7,9-13H2,1-2H3,(H2,22,23,26,27)/t16-/m0/s1. The Labute approximate surface area is 158 Å². The van der Waals surface area contributed by atoms with Gasteiger partial charge in [0.1, 0.15) is 0 Å². The number of nitrogens with zero attached hydrogens (tertiary/aromatic N) is 1. The maximum absolute atomic E-state index is 12.7. The number of likely N-dealkylation sites (tertiary alicyclic amines) is 1. The fraction of sp³-hybridized carbons (Fsp3) is 0.476. The first kappa shape index (κ1) is 19.1. The number of carbonyl (C=O) groups excluding carboxylic acids is 1. The topological polar surface area (TPSA) is 86.0 Å². The number of aromatic amines is 2. The average Bonchev–Trinajstić information content (AvgIpc) is 2.64. The predicted octanol–water partition coefficient (Wildman–Crippen LogP) is 2.09. The number of aromatic nitrogens is 2. The summed E-state index contributed by atoms with van der Waals surface area (Å²) in [6.07, 6.45) is 4.24. The quantitative estimate of drug-likeness (QED) is 0.846. The predicted molar refractivity (Wildman–Crippen MR) is 105 cm³/mol. The average molecular weight is 369 g/mol. The molecule has 0 spiro atoms. The molecular formula is C21H27N3O3. The van der Waals surface area contributed by atoms with Gasteiger partial charge in [-0.25, -0.2) is 4.79 Å². The van der Waals surface area contributed by atoms with E-state index in [0.717, 1.165) is 38.8 Å². The molecule has 144 valence electrons. The molecule has 6 nitrogen and oxygen atoms in total. The fourth-order valence-electron chi connectivity index (χ4n) is 3.88. The first-order valence-corrected chi connectivity index (χ1v) is 9.58. The van der Waals surface area contributed by atoms with Crippen molar-refractivity contribution >= 4 is 5.91 Å². The van der Waals surface area contributed by atoms with E-state index in [1.165, 1.54) is 11.1 Å². The molecule has 1 saturated heterocycles. The van der Waals surface area contributed by atoms with Gasteiger partial charge >= 0.3 is 5.69 Å². The maximum Gasteiger partial charge on any atom is 0.325 e. The van der Waals surface area contributed by atoms with Crippen molar-refractivity contribution in [2.45, 2.75) is 46.0 Å². The first-order valence-electron chi connectivity index (χ1n) is 9.58. The van der Waals surface area contributed by atoms with E-state index >= 15 is 0 Å². The fourth-order valence-corrected chi connectivity index (χ4v) is 3.88. The highest BCUT2D eigenvalue weighted by Crippen LogP contribution is 2.23. The van der Waals surface area contributed by atoms with E-state index in [1.54, 1.807) is 6.92 Å². The monoisotopic (exact) mass is 369 g/mol. The summed E-state index contributed by atoms with van der Waals surface area (Å²) in [6.45, 7) is 5.27. The van der Waals surface area contributed by atoms with Crippen molar-refractivity contribution in [2.75, 3.05) is 13.1 Å². The molecular weight excluding hydrogens is 342 g/mol. The zero-order chi connectivity index (χ0) is 19.4. The van der Waals surface area contributed by atoms with Crippen LogP contribution in [0.3, 0.4) is 0 Å². The highest BCUT2D eigenvalue weighted by Gasteiger charge is 2.24. The Hall–Kier alpha value is -2.63. The van der Waals surface area contributed by atoms with Gasteiger partial charge < -0.3 is 9.88 Å².